The van der Waals surface area contributed by atoms with Crippen molar-refractivity contribution in [2.24, 2.45) is 5.41 Å². The molecule has 0 aliphatic carbocycles. The van der Waals surface area contributed by atoms with Crippen molar-refractivity contribution in [3.63, 3.8) is 0 Å². The molecule has 0 aromatic heterocycles. The van der Waals surface area contributed by atoms with Gasteiger partial charge < -0.3 is 10.4 Å². The minimum Gasteiger partial charge on any atom is -0.480 e. The number of anilines is 1. The maximum Gasteiger partial charge on any atom is 0.321 e. The SMILES string of the molecule is CC(C)(C)C[C@H]1N[C@H](C(=O)O)[C@@H](c2cccc(Cl)c2F)[C@@]12C(=O)Nc1cc(Cl)c(F)cc12. The largest absolute Gasteiger partial charge is 0.480 e. The molecule has 9 heteroatoms. The highest BCUT2D eigenvalue weighted by molar-refractivity contribution is 6.31. The molecule has 1 fully saturated rings. The van der Waals surface area contributed by atoms with E-state index in [0.29, 0.717) is 6.42 Å². The Labute approximate surface area is 194 Å². The molecule has 4 rings (SSSR count). The Morgan fingerprint density at radius 2 is 1.88 bits per heavy atom. The molecule has 1 spiro atoms. The van der Waals surface area contributed by atoms with Gasteiger partial charge in [-0.05, 0) is 41.2 Å². The quantitative estimate of drug-likeness (QED) is 0.568. The summed E-state index contributed by atoms with van der Waals surface area (Å²) < 4.78 is 29.9. The molecule has 4 atom stereocenters. The van der Waals surface area contributed by atoms with Crippen LogP contribution in [0.5, 0.6) is 0 Å². The number of rotatable bonds is 3. The number of hydrogen-bond acceptors (Lipinski definition) is 3. The highest BCUT2D eigenvalue weighted by Gasteiger charge is 2.66. The van der Waals surface area contributed by atoms with Gasteiger partial charge in [-0.2, -0.15) is 0 Å². The Bertz CT molecular complexity index is 1130. The molecule has 2 aromatic carbocycles. The third kappa shape index (κ3) is 3.38. The molecule has 32 heavy (non-hydrogen) atoms. The first kappa shape index (κ1) is 23.0. The number of carbonyl (C=O) groups is 2. The number of fused-ring (bicyclic) bond motifs is 2. The monoisotopic (exact) mass is 482 g/mol. The van der Waals surface area contributed by atoms with Crippen LogP contribution in [-0.4, -0.2) is 29.1 Å². The Hall–Kier alpha value is -2.22. The molecular weight excluding hydrogens is 461 g/mol. The van der Waals surface area contributed by atoms with E-state index >= 15 is 4.39 Å². The van der Waals surface area contributed by atoms with Gasteiger partial charge in [-0.15, -0.1) is 0 Å². The van der Waals surface area contributed by atoms with Crippen LogP contribution in [0.25, 0.3) is 0 Å². The van der Waals surface area contributed by atoms with Gasteiger partial charge in [0, 0.05) is 17.6 Å². The van der Waals surface area contributed by atoms with E-state index in [-0.39, 0.29) is 32.3 Å². The average Bonchev–Trinajstić information content (AvgIpc) is 3.14. The zero-order valence-corrected chi connectivity index (χ0v) is 19.1. The van der Waals surface area contributed by atoms with Crippen molar-refractivity contribution in [2.45, 2.75) is 50.6 Å². The van der Waals surface area contributed by atoms with Gasteiger partial charge in [0.1, 0.15) is 23.1 Å². The van der Waals surface area contributed by atoms with E-state index in [2.05, 4.69) is 10.6 Å². The van der Waals surface area contributed by atoms with Crippen molar-refractivity contribution >= 4 is 40.8 Å². The first-order valence-electron chi connectivity index (χ1n) is 10.1. The van der Waals surface area contributed by atoms with Gasteiger partial charge in [-0.25, -0.2) is 8.78 Å². The molecule has 0 bridgehead atoms. The molecule has 2 aromatic rings. The van der Waals surface area contributed by atoms with Crippen molar-refractivity contribution in [2.75, 3.05) is 5.32 Å². The fourth-order valence-electron chi connectivity index (χ4n) is 5.15. The van der Waals surface area contributed by atoms with E-state index in [0.717, 1.165) is 6.07 Å². The summed E-state index contributed by atoms with van der Waals surface area (Å²) in [4.78, 5) is 26.0. The molecule has 1 saturated heterocycles. The molecule has 0 radical (unpaired) electrons. The second-order valence-electron chi connectivity index (χ2n) is 9.56. The van der Waals surface area contributed by atoms with E-state index in [9.17, 15) is 19.1 Å². The third-order valence-electron chi connectivity index (χ3n) is 6.28. The summed E-state index contributed by atoms with van der Waals surface area (Å²) in [6, 6.07) is 4.67. The molecule has 2 heterocycles. The smallest absolute Gasteiger partial charge is 0.321 e. The molecular formula is C23H22Cl2F2N2O3. The van der Waals surface area contributed by atoms with E-state index in [1.54, 1.807) is 0 Å². The average molecular weight is 483 g/mol. The van der Waals surface area contributed by atoms with E-state index < -0.39 is 46.9 Å². The van der Waals surface area contributed by atoms with Crippen molar-refractivity contribution in [1.82, 2.24) is 5.32 Å². The van der Waals surface area contributed by atoms with Crippen LogP contribution in [0.4, 0.5) is 14.5 Å². The van der Waals surface area contributed by atoms with Crippen LogP contribution < -0.4 is 10.6 Å². The van der Waals surface area contributed by atoms with E-state index in [1.807, 2.05) is 20.8 Å². The van der Waals surface area contributed by atoms with Crippen molar-refractivity contribution in [3.05, 3.63) is 63.1 Å². The molecule has 3 N–H and O–H groups in total. The highest BCUT2D eigenvalue weighted by Crippen LogP contribution is 2.57. The summed E-state index contributed by atoms with van der Waals surface area (Å²) in [5.41, 5.74) is -1.42. The second-order valence-corrected chi connectivity index (χ2v) is 10.4. The summed E-state index contributed by atoms with van der Waals surface area (Å²) in [6.45, 7) is 5.84. The Morgan fingerprint density at radius 1 is 1.19 bits per heavy atom. The molecule has 5 nitrogen and oxygen atoms in total. The van der Waals surface area contributed by atoms with Crippen LogP contribution in [0.2, 0.25) is 10.0 Å². The number of carboxylic acids is 1. The number of carboxylic acid groups (broad SMARTS) is 1. The predicted molar refractivity (Wildman–Crippen MR) is 118 cm³/mol. The van der Waals surface area contributed by atoms with Crippen LogP contribution in [0.3, 0.4) is 0 Å². The van der Waals surface area contributed by atoms with Gasteiger partial charge in [0.05, 0.1) is 10.0 Å². The molecule has 0 unspecified atom stereocenters. The number of amides is 1. The van der Waals surface area contributed by atoms with Crippen molar-refractivity contribution in [3.8, 4) is 0 Å². The van der Waals surface area contributed by atoms with E-state index in [1.165, 1.54) is 24.3 Å². The molecule has 1 amide bonds. The van der Waals surface area contributed by atoms with Crippen LogP contribution in [0, 0.1) is 17.0 Å². The molecule has 2 aliphatic heterocycles. The lowest BCUT2D eigenvalue weighted by Gasteiger charge is -2.37. The minimum absolute atomic E-state index is 0.0211. The maximum absolute atomic E-state index is 15.3. The Morgan fingerprint density at radius 3 is 2.50 bits per heavy atom. The topological polar surface area (TPSA) is 78.4 Å². The standard InChI is InChI=1S/C23H22Cl2F2N2O3/c1-22(2,3)9-16-23(11-7-14(26)13(25)8-15(11)28-21(23)32)17(19(29-16)20(30)31)10-5-4-6-12(24)18(10)27/h4-8,16-17,19,29H,9H2,1-3H3,(H,28,32)(H,30,31)/t16-,17-,19+,23+/m1/s1. The fraction of sp³-hybridized carbons (Fsp3) is 0.391. The molecule has 170 valence electrons. The van der Waals surface area contributed by atoms with Crippen molar-refractivity contribution in [1.29, 1.82) is 0 Å². The number of nitrogens with one attached hydrogen (secondary N) is 2. The van der Waals surface area contributed by atoms with Crippen LogP contribution in [0.1, 0.15) is 44.2 Å². The van der Waals surface area contributed by atoms with Crippen LogP contribution in [-0.2, 0) is 15.0 Å². The van der Waals surface area contributed by atoms with Gasteiger partial charge in [-0.3, -0.25) is 14.9 Å². The third-order valence-corrected chi connectivity index (χ3v) is 6.86. The second kappa shape index (κ2) is 7.68. The van der Waals surface area contributed by atoms with Gasteiger partial charge in [0.2, 0.25) is 5.91 Å². The van der Waals surface area contributed by atoms with E-state index in [4.69, 9.17) is 23.2 Å². The first-order valence-corrected chi connectivity index (χ1v) is 10.9. The van der Waals surface area contributed by atoms with Crippen LogP contribution in [0.15, 0.2) is 30.3 Å². The number of benzene rings is 2. The number of aliphatic carboxylic acids is 1. The maximum atomic E-state index is 15.3. The Balaban J connectivity index is 2.06. The summed E-state index contributed by atoms with van der Waals surface area (Å²) >= 11 is 12.0. The molecule has 0 saturated carbocycles. The lowest BCUT2D eigenvalue weighted by atomic mass is 9.62. The van der Waals surface area contributed by atoms with Gasteiger partial charge in [0.15, 0.2) is 0 Å². The normalized spacial score (nSPS) is 27.0. The van der Waals surface area contributed by atoms with Crippen LogP contribution >= 0.6 is 23.2 Å². The lowest BCUT2D eigenvalue weighted by molar-refractivity contribution is -0.139. The van der Waals surface area contributed by atoms with Gasteiger partial charge in [0.25, 0.3) is 0 Å². The first-order chi connectivity index (χ1) is 14.9. The molecule has 2 aliphatic rings. The number of carbonyl (C=O) groups excluding carboxylic acids is 1. The van der Waals surface area contributed by atoms with Gasteiger partial charge in [-0.1, -0.05) is 56.1 Å². The zero-order valence-electron chi connectivity index (χ0n) is 17.6. The van der Waals surface area contributed by atoms with Crippen molar-refractivity contribution < 1.29 is 23.5 Å². The summed E-state index contributed by atoms with van der Waals surface area (Å²) in [6.07, 6.45) is 0.368. The zero-order chi connectivity index (χ0) is 23.6. The summed E-state index contributed by atoms with van der Waals surface area (Å²) in [5, 5.41) is 15.5. The predicted octanol–water partition coefficient (Wildman–Crippen LogP) is 5.11. The van der Waals surface area contributed by atoms with Gasteiger partial charge >= 0.3 is 5.97 Å². The summed E-state index contributed by atoms with van der Waals surface area (Å²) in [5.74, 6) is -4.53. The number of hydrogen-bond donors (Lipinski definition) is 3. The minimum atomic E-state index is -1.59. The Kier molecular flexibility index (Phi) is 5.51. The number of halogens is 4. The highest BCUT2D eigenvalue weighted by atomic mass is 35.5. The fourth-order valence-corrected chi connectivity index (χ4v) is 5.50. The summed E-state index contributed by atoms with van der Waals surface area (Å²) in [7, 11) is 0. The lowest BCUT2D eigenvalue weighted by Crippen LogP contribution is -2.49.